The molecular weight excluding hydrogens is 187 g/mol. The van der Waals surface area contributed by atoms with Crippen LogP contribution < -0.4 is 5.56 Å². The number of aromatic amines is 1. The molecule has 70 valence electrons. The molecule has 0 aliphatic heterocycles. The number of rotatable bonds is 1. The van der Waals surface area contributed by atoms with Gasteiger partial charge in [0.1, 0.15) is 12.0 Å². The highest BCUT2D eigenvalue weighted by Crippen LogP contribution is 2.26. The van der Waals surface area contributed by atoms with Crippen LogP contribution in [0.15, 0.2) is 16.9 Å². The second-order valence-electron chi connectivity index (χ2n) is 2.31. The zero-order chi connectivity index (χ0) is 10.1. The Bertz CT molecular complexity index is 380. The lowest BCUT2D eigenvalue weighted by atomic mass is 10.2. The van der Waals surface area contributed by atoms with Crippen LogP contribution >= 0.6 is 0 Å². The van der Waals surface area contributed by atoms with Crippen molar-refractivity contribution in [3.05, 3.63) is 33.7 Å². The van der Waals surface area contributed by atoms with Crippen molar-refractivity contribution in [1.29, 1.82) is 0 Å². The zero-order valence-corrected chi connectivity index (χ0v) is 6.18. The monoisotopic (exact) mass is 191 g/mol. The summed E-state index contributed by atoms with van der Waals surface area (Å²) in [5.41, 5.74) is -2.46. The van der Waals surface area contributed by atoms with Crippen LogP contribution in [0, 0.1) is 0 Å². The first-order chi connectivity index (χ1) is 5.93. The summed E-state index contributed by atoms with van der Waals surface area (Å²) in [5, 5.41) is 0. The number of alkyl halides is 3. The van der Waals surface area contributed by atoms with Crippen LogP contribution in [0.2, 0.25) is 0 Å². The summed E-state index contributed by atoms with van der Waals surface area (Å²) in [6.07, 6.45) is -4.46. The SMILES string of the molecule is O=Cc1cc(C(F)(F)F)[nH]c(=O)c1. The standard InChI is InChI=1S/C7H4F3NO2/c8-7(9,10)5-1-4(3-12)2-6(13)11-5/h1-3H,(H,11,13). The lowest BCUT2D eigenvalue weighted by molar-refractivity contribution is -0.141. The fraction of sp³-hybridized carbons (Fsp3) is 0.143. The molecular formula is C7H4F3NO2. The van der Waals surface area contributed by atoms with Crippen LogP contribution in [0.5, 0.6) is 0 Å². The molecule has 0 saturated heterocycles. The zero-order valence-electron chi connectivity index (χ0n) is 6.18. The van der Waals surface area contributed by atoms with Crippen molar-refractivity contribution < 1.29 is 18.0 Å². The molecule has 0 saturated carbocycles. The Labute approximate surface area is 70.2 Å². The molecule has 0 radical (unpaired) electrons. The van der Waals surface area contributed by atoms with Gasteiger partial charge in [-0.3, -0.25) is 9.59 Å². The van der Waals surface area contributed by atoms with Crippen LogP contribution in [0.25, 0.3) is 0 Å². The van der Waals surface area contributed by atoms with Gasteiger partial charge in [0.05, 0.1) is 0 Å². The minimum atomic E-state index is -4.64. The minimum Gasteiger partial charge on any atom is -0.318 e. The van der Waals surface area contributed by atoms with Crippen molar-refractivity contribution in [3.8, 4) is 0 Å². The minimum absolute atomic E-state index is 0.185. The molecule has 0 fully saturated rings. The summed E-state index contributed by atoms with van der Waals surface area (Å²) in [6.45, 7) is 0. The summed E-state index contributed by atoms with van der Waals surface area (Å²) < 4.78 is 36.0. The molecule has 1 N–H and O–H groups in total. The maximum absolute atomic E-state index is 12.0. The molecule has 1 aromatic heterocycles. The van der Waals surface area contributed by atoms with Gasteiger partial charge in [-0.1, -0.05) is 0 Å². The first kappa shape index (κ1) is 9.50. The predicted molar refractivity (Wildman–Crippen MR) is 37.5 cm³/mol. The van der Waals surface area contributed by atoms with Gasteiger partial charge in [0.2, 0.25) is 5.56 Å². The van der Waals surface area contributed by atoms with E-state index in [4.69, 9.17) is 0 Å². The second-order valence-corrected chi connectivity index (χ2v) is 2.31. The summed E-state index contributed by atoms with van der Waals surface area (Å²) in [6, 6.07) is 1.37. The van der Waals surface area contributed by atoms with Crippen LogP contribution in [-0.4, -0.2) is 11.3 Å². The quantitative estimate of drug-likeness (QED) is 0.678. The Morgan fingerprint density at radius 2 is 1.92 bits per heavy atom. The number of pyridine rings is 1. The molecule has 3 nitrogen and oxygen atoms in total. The molecule has 0 atom stereocenters. The molecule has 0 spiro atoms. The fourth-order valence-electron chi connectivity index (χ4n) is 0.785. The first-order valence-corrected chi connectivity index (χ1v) is 3.20. The van der Waals surface area contributed by atoms with E-state index in [0.717, 1.165) is 6.07 Å². The van der Waals surface area contributed by atoms with Gasteiger partial charge >= 0.3 is 6.18 Å². The number of H-pyrrole nitrogens is 1. The largest absolute Gasteiger partial charge is 0.431 e. The third kappa shape index (κ3) is 2.17. The molecule has 1 rings (SSSR count). The molecule has 0 aromatic carbocycles. The number of carbonyl (C=O) groups is 1. The fourth-order valence-corrected chi connectivity index (χ4v) is 0.785. The van der Waals surface area contributed by atoms with Gasteiger partial charge in [0.15, 0.2) is 0 Å². The van der Waals surface area contributed by atoms with Crippen molar-refractivity contribution in [1.82, 2.24) is 4.98 Å². The molecule has 6 heteroatoms. The molecule has 0 unspecified atom stereocenters. The summed E-state index contributed by atoms with van der Waals surface area (Å²) >= 11 is 0. The summed E-state index contributed by atoms with van der Waals surface area (Å²) in [4.78, 5) is 22.3. The maximum Gasteiger partial charge on any atom is 0.431 e. The Hall–Kier alpha value is -1.59. The van der Waals surface area contributed by atoms with Crippen LogP contribution in [0.4, 0.5) is 13.2 Å². The first-order valence-electron chi connectivity index (χ1n) is 3.20. The number of carbonyl (C=O) groups excluding carboxylic acids is 1. The normalized spacial score (nSPS) is 11.3. The third-order valence-electron chi connectivity index (χ3n) is 1.31. The van der Waals surface area contributed by atoms with E-state index < -0.39 is 17.4 Å². The van der Waals surface area contributed by atoms with Crippen molar-refractivity contribution in [2.45, 2.75) is 6.18 Å². The number of halogens is 3. The Morgan fingerprint density at radius 1 is 1.31 bits per heavy atom. The van der Waals surface area contributed by atoms with Gasteiger partial charge < -0.3 is 4.98 Å². The number of hydrogen-bond acceptors (Lipinski definition) is 2. The van der Waals surface area contributed by atoms with Gasteiger partial charge in [0.25, 0.3) is 0 Å². The van der Waals surface area contributed by atoms with E-state index in [0.29, 0.717) is 6.07 Å². The smallest absolute Gasteiger partial charge is 0.318 e. The summed E-state index contributed by atoms with van der Waals surface area (Å²) in [7, 11) is 0. The van der Waals surface area contributed by atoms with Crippen LogP contribution in [0.3, 0.4) is 0 Å². The Balaban J connectivity index is 3.32. The van der Waals surface area contributed by atoms with E-state index in [-0.39, 0.29) is 11.8 Å². The second kappa shape index (κ2) is 3.04. The average molecular weight is 191 g/mol. The van der Waals surface area contributed by atoms with E-state index in [9.17, 15) is 22.8 Å². The van der Waals surface area contributed by atoms with E-state index >= 15 is 0 Å². The molecule has 0 bridgehead atoms. The van der Waals surface area contributed by atoms with Crippen molar-refractivity contribution in [3.63, 3.8) is 0 Å². The molecule has 1 heterocycles. The van der Waals surface area contributed by atoms with E-state index in [1.165, 1.54) is 0 Å². The average Bonchev–Trinajstić information content (AvgIpc) is 2.01. The highest BCUT2D eigenvalue weighted by Gasteiger charge is 2.32. The highest BCUT2D eigenvalue weighted by atomic mass is 19.4. The van der Waals surface area contributed by atoms with E-state index in [1.54, 1.807) is 4.98 Å². The van der Waals surface area contributed by atoms with Gasteiger partial charge in [-0.2, -0.15) is 13.2 Å². The Morgan fingerprint density at radius 3 is 2.38 bits per heavy atom. The van der Waals surface area contributed by atoms with Crippen LogP contribution in [-0.2, 0) is 6.18 Å². The number of aromatic nitrogens is 1. The third-order valence-corrected chi connectivity index (χ3v) is 1.31. The van der Waals surface area contributed by atoms with Crippen LogP contribution in [0.1, 0.15) is 16.1 Å². The Kier molecular flexibility index (Phi) is 2.22. The number of nitrogens with one attached hydrogen (secondary N) is 1. The molecule has 0 aliphatic rings. The lowest BCUT2D eigenvalue weighted by Crippen LogP contribution is -2.16. The number of aldehydes is 1. The highest BCUT2D eigenvalue weighted by molar-refractivity contribution is 5.74. The van der Waals surface area contributed by atoms with Gasteiger partial charge in [0, 0.05) is 11.6 Å². The molecule has 0 aliphatic carbocycles. The predicted octanol–water partition coefficient (Wildman–Crippen LogP) is 1.21. The maximum atomic E-state index is 12.0. The summed E-state index contributed by atoms with van der Waals surface area (Å²) in [5.74, 6) is 0. The molecule has 0 amide bonds. The van der Waals surface area contributed by atoms with Gasteiger partial charge in [-0.25, -0.2) is 0 Å². The van der Waals surface area contributed by atoms with Crippen molar-refractivity contribution >= 4 is 6.29 Å². The lowest BCUT2D eigenvalue weighted by Gasteiger charge is -2.05. The van der Waals surface area contributed by atoms with Gasteiger partial charge in [-0.05, 0) is 6.07 Å². The van der Waals surface area contributed by atoms with Crippen molar-refractivity contribution in [2.24, 2.45) is 0 Å². The van der Waals surface area contributed by atoms with E-state index in [2.05, 4.69) is 0 Å². The topological polar surface area (TPSA) is 49.9 Å². The number of hydrogen-bond donors (Lipinski definition) is 1. The van der Waals surface area contributed by atoms with E-state index in [1.807, 2.05) is 0 Å². The van der Waals surface area contributed by atoms with Crippen molar-refractivity contribution in [2.75, 3.05) is 0 Å². The molecule has 1 aromatic rings. The molecule has 13 heavy (non-hydrogen) atoms. The van der Waals surface area contributed by atoms with Gasteiger partial charge in [-0.15, -0.1) is 0 Å².